The minimum absolute atomic E-state index is 0.609. The van der Waals surface area contributed by atoms with Crippen molar-refractivity contribution in [3.63, 3.8) is 0 Å². The summed E-state index contributed by atoms with van der Waals surface area (Å²) in [6, 6.07) is 0.660. The van der Waals surface area contributed by atoms with Crippen molar-refractivity contribution in [2.45, 2.75) is 64.4 Å². The average molecular weight is 282 g/mol. The summed E-state index contributed by atoms with van der Waals surface area (Å²) in [6.45, 7) is 8.47. The van der Waals surface area contributed by atoms with E-state index >= 15 is 0 Å². The lowest BCUT2D eigenvalue weighted by molar-refractivity contribution is 0.442. The number of hydrogen-bond donors (Lipinski definition) is 1. The molecule has 1 aromatic heterocycles. The van der Waals surface area contributed by atoms with E-state index in [1.165, 1.54) is 25.0 Å². The van der Waals surface area contributed by atoms with Crippen molar-refractivity contribution in [2.24, 2.45) is 5.92 Å². The second kappa shape index (κ2) is 7.29. The Kier molecular flexibility index (Phi) is 5.70. The van der Waals surface area contributed by atoms with Crippen LogP contribution in [-0.2, 0) is 13.1 Å². The third-order valence-electron chi connectivity index (χ3n) is 3.57. The van der Waals surface area contributed by atoms with Crippen LogP contribution in [0, 0.1) is 5.92 Å². The molecule has 0 aliphatic heterocycles. The Morgan fingerprint density at radius 3 is 3.05 bits per heavy atom. The first-order valence-electron chi connectivity index (χ1n) is 7.40. The molecule has 2 unspecified atom stereocenters. The number of hydrogen-bond acceptors (Lipinski definition) is 4. The van der Waals surface area contributed by atoms with Crippen LogP contribution in [0.25, 0.3) is 0 Å². The van der Waals surface area contributed by atoms with Crippen molar-refractivity contribution < 1.29 is 0 Å². The standard InChI is InChI=1S/C14H26N4S/c1-4-19-13-6-5-12(7-13)15-8-14-16-10-17-18(14)9-11(2)3/h10-13,15H,4-9H2,1-3H3. The molecule has 1 fully saturated rings. The molecule has 1 saturated carbocycles. The normalized spacial score (nSPS) is 23.4. The van der Waals surface area contributed by atoms with Crippen LogP contribution in [0.2, 0.25) is 0 Å². The van der Waals surface area contributed by atoms with Crippen LogP contribution < -0.4 is 5.32 Å². The summed E-state index contributed by atoms with van der Waals surface area (Å²) < 4.78 is 2.03. The topological polar surface area (TPSA) is 42.7 Å². The molecule has 0 saturated heterocycles. The fourth-order valence-corrected chi connectivity index (χ4v) is 3.81. The van der Waals surface area contributed by atoms with Crippen LogP contribution in [0.3, 0.4) is 0 Å². The Balaban J connectivity index is 1.78. The predicted octanol–water partition coefficient (Wildman–Crippen LogP) is 2.70. The van der Waals surface area contributed by atoms with E-state index in [-0.39, 0.29) is 0 Å². The summed E-state index contributed by atoms with van der Waals surface area (Å²) in [5.74, 6) is 2.91. The smallest absolute Gasteiger partial charge is 0.140 e. The largest absolute Gasteiger partial charge is 0.307 e. The van der Waals surface area contributed by atoms with Crippen LogP contribution in [-0.4, -0.2) is 31.8 Å². The molecule has 0 aromatic carbocycles. The highest BCUT2D eigenvalue weighted by Crippen LogP contribution is 2.29. The lowest BCUT2D eigenvalue weighted by Crippen LogP contribution is -2.28. The van der Waals surface area contributed by atoms with Crippen LogP contribution in [0.15, 0.2) is 6.33 Å². The van der Waals surface area contributed by atoms with Gasteiger partial charge in [0.2, 0.25) is 0 Å². The Bertz CT molecular complexity index is 377. The van der Waals surface area contributed by atoms with Crippen LogP contribution in [0.4, 0.5) is 0 Å². The first-order valence-corrected chi connectivity index (χ1v) is 8.45. The minimum Gasteiger partial charge on any atom is -0.307 e. The summed E-state index contributed by atoms with van der Waals surface area (Å²) in [4.78, 5) is 4.37. The molecule has 1 aromatic rings. The average Bonchev–Trinajstić information content (AvgIpc) is 2.96. The fraction of sp³-hybridized carbons (Fsp3) is 0.857. The van der Waals surface area contributed by atoms with Gasteiger partial charge in [0.25, 0.3) is 0 Å². The number of rotatable bonds is 7. The maximum atomic E-state index is 4.37. The van der Waals surface area contributed by atoms with Crippen molar-refractivity contribution in [1.29, 1.82) is 0 Å². The molecular formula is C14H26N4S. The maximum absolute atomic E-state index is 4.37. The Morgan fingerprint density at radius 2 is 2.32 bits per heavy atom. The molecule has 108 valence electrons. The summed E-state index contributed by atoms with van der Waals surface area (Å²) in [5, 5.41) is 8.81. The highest BCUT2D eigenvalue weighted by molar-refractivity contribution is 7.99. The lowest BCUT2D eigenvalue weighted by atomic mass is 10.2. The third kappa shape index (κ3) is 4.49. The molecule has 4 nitrogen and oxygen atoms in total. The Hall–Kier alpha value is -0.550. The fourth-order valence-electron chi connectivity index (χ4n) is 2.67. The van der Waals surface area contributed by atoms with Crippen molar-refractivity contribution in [3.05, 3.63) is 12.2 Å². The quantitative estimate of drug-likeness (QED) is 0.835. The van der Waals surface area contributed by atoms with E-state index in [0.29, 0.717) is 12.0 Å². The van der Waals surface area contributed by atoms with Crippen molar-refractivity contribution in [1.82, 2.24) is 20.1 Å². The maximum Gasteiger partial charge on any atom is 0.140 e. The highest BCUT2D eigenvalue weighted by atomic mass is 32.2. The van der Waals surface area contributed by atoms with Gasteiger partial charge in [-0.25, -0.2) is 9.67 Å². The van der Waals surface area contributed by atoms with Gasteiger partial charge in [-0.05, 0) is 30.9 Å². The third-order valence-corrected chi connectivity index (χ3v) is 4.80. The second-order valence-electron chi connectivity index (χ2n) is 5.72. The van der Waals surface area contributed by atoms with Crippen LogP contribution in [0.5, 0.6) is 0 Å². The van der Waals surface area contributed by atoms with E-state index in [1.807, 2.05) is 4.68 Å². The molecule has 2 rings (SSSR count). The molecule has 0 spiro atoms. The van der Waals surface area contributed by atoms with E-state index in [0.717, 1.165) is 24.2 Å². The van der Waals surface area contributed by atoms with Gasteiger partial charge in [0.05, 0.1) is 6.54 Å². The molecule has 1 aliphatic carbocycles. The van der Waals surface area contributed by atoms with Gasteiger partial charge in [-0.15, -0.1) is 0 Å². The second-order valence-corrected chi connectivity index (χ2v) is 7.30. The van der Waals surface area contributed by atoms with Gasteiger partial charge in [-0.3, -0.25) is 0 Å². The van der Waals surface area contributed by atoms with Gasteiger partial charge < -0.3 is 5.32 Å². The number of nitrogens with zero attached hydrogens (tertiary/aromatic N) is 3. The van der Waals surface area contributed by atoms with Gasteiger partial charge in [0, 0.05) is 17.8 Å². The SMILES string of the molecule is CCSC1CCC(NCc2ncnn2CC(C)C)C1. The molecule has 19 heavy (non-hydrogen) atoms. The van der Waals surface area contributed by atoms with Gasteiger partial charge in [-0.1, -0.05) is 20.8 Å². The summed E-state index contributed by atoms with van der Waals surface area (Å²) >= 11 is 2.10. The van der Waals surface area contributed by atoms with E-state index in [1.54, 1.807) is 6.33 Å². The van der Waals surface area contributed by atoms with E-state index in [4.69, 9.17) is 0 Å². The number of aromatic nitrogens is 3. The summed E-state index contributed by atoms with van der Waals surface area (Å²) in [6.07, 6.45) is 5.63. The van der Waals surface area contributed by atoms with Gasteiger partial charge >= 0.3 is 0 Å². The number of nitrogens with one attached hydrogen (secondary N) is 1. The molecular weight excluding hydrogens is 256 g/mol. The summed E-state index contributed by atoms with van der Waals surface area (Å²) in [7, 11) is 0. The lowest BCUT2D eigenvalue weighted by Gasteiger charge is -2.14. The van der Waals surface area contributed by atoms with E-state index in [9.17, 15) is 0 Å². The van der Waals surface area contributed by atoms with Gasteiger partial charge in [-0.2, -0.15) is 16.9 Å². The molecule has 1 heterocycles. The Labute approximate surface area is 120 Å². The molecule has 1 N–H and O–H groups in total. The number of thioether (sulfide) groups is 1. The first-order chi connectivity index (χ1) is 9.19. The molecule has 1 aliphatic rings. The predicted molar refractivity (Wildman–Crippen MR) is 81.3 cm³/mol. The van der Waals surface area contributed by atoms with E-state index < -0.39 is 0 Å². The molecule has 0 bridgehead atoms. The summed E-state index contributed by atoms with van der Waals surface area (Å²) in [5.41, 5.74) is 0. The first kappa shape index (κ1) is 14.9. The van der Waals surface area contributed by atoms with E-state index in [2.05, 4.69) is 47.9 Å². The van der Waals surface area contributed by atoms with Crippen molar-refractivity contribution >= 4 is 11.8 Å². The molecule has 0 radical (unpaired) electrons. The van der Waals surface area contributed by atoms with Crippen molar-refractivity contribution in [3.8, 4) is 0 Å². The molecule has 2 atom stereocenters. The minimum atomic E-state index is 0.609. The van der Waals surface area contributed by atoms with Crippen LogP contribution in [0.1, 0.15) is 45.9 Å². The monoisotopic (exact) mass is 282 g/mol. The zero-order valence-corrected chi connectivity index (χ0v) is 13.1. The van der Waals surface area contributed by atoms with Gasteiger partial charge in [0.1, 0.15) is 12.2 Å². The van der Waals surface area contributed by atoms with Crippen molar-refractivity contribution in [2.75, 3.05) is 5.75 Å². The highest BCUT2D eigenvalue weighted by Gasteiger charge is 2.24. The zero-order valence-electron chi connectivity index (χ0n) is 12.3. The Morgan fingerprint density at radius 1 is 1.47 bits per heavy atom. The van der Waals surface area contributed by atoms with Gasteiger partial charge in [0.15, 0.2) is 0 Å². The molecule has 5 heteroatoms. The molecule has 0 amide bonds. The van der Waals surface area contributed by atoms with Crippen LogP contribution >= 0.6 is 11.8 Å². The zero-order chi connectivity index (χ0) is 13.7.